The average Bonchev–Trinajstić information content (AvgIpc) is 2.91. The number of hydrogen-bond acceptors (Lipinski definition) is 3. The summed E-state index contributed by atoms with van der Waals surface area (Å²) in [6.07, 6.45) is 0.988. The summed E-state index contributed by atoms with van der Waals surface area (Å²) in [5, 5.41) is 3.47. The molecule has 20 heavy (non-hydrogen) atoms. The van der Waals surface area contributed by atoms with Gasteiger partial charge in [-0.1, -0.05) is 30.3 Å². The quantitative estimate of drug-likeness (QED) is 0.637. The van der Waals surface area contributed by atoms with Gasteiger partial charge in [-0.05, 0) is 58.8 Å². The van der Waals surface area contributed by atoms with Gasteiger partial charge in [0.2, 0.25) is 6.79 Å². The molecule has 1 N–H and O–H groups in total. The van der Waals surface area contributed by atoms with Crippen molar-refractivity contribution in [3.8, 4) is 11.5 Å². The van der Waals surface area contributed by atoms with Gasteiger partial charge in [-0.2, -0.15) is 0 Å². The van der Waals surface area contributed by atoms with Gasteiger partial charge in [0, 0.05) is 10.1 Å². The Morgan fingerprint density at radius 2 is 1.80 bits per heavy atom. The molecule has 0 saturated carbocycles. The second kappa shape index (κ2) is 6.45. The normalized spacial score (nSPS) is 12.7. The molecule has 2 aromatic rings. The van der Waals surface area contributed by atoms with Crippen LogP contribution in [0, 0.1) is 3.57 Å². The fourth-order valence-electron chi connectivity index (χ4n) is 2.20. The van der Waals surface area contributed by atoms with E-state index in [-0.39, 0.29) is 0 Å². The third-order valence-corrected chi connectivity index (χ3v) is 4.29. The molecular formula is C16H16INO2. The molecule has 0 amide bonds. The van der Waals surface area contributed by atoms with Crippen LogP contribution in [0.25, 0.3) is 0 Å². The van der Waals surface area contributed by atoms with Crippen LogP contribution in [-0.4, -0.2) is 13.3 Å². The van der Waals surface area contributed by atoms with E-state index in [0.29, 0.717) is 6.79 Å². The number of halogens is 1. The summed E-state index contributed by atoms with van der Waals surface area (Å²) in [4.78, 5) is 0. The topological polar surface area (TPSA) is 30.5 Å². The van der Waals surface area contributed by atoms with Crippen molar-refractivity contribution in [3.63, 3.8) is 0 Å². The third-order valence-electron chi connectivity index (χ3n) is 3.28. The maximum absolute atomic E-state index is 5.42. The zero-order valence-electron chi connectivity index (χ0n) is 11.1. The second-order valence-corrected chi connectivity index (χ2v) is 5.87. The first-order valence-electron chi connectivity index (χ1n) is 6.65. The summed E-state index contributed by atoms with van der Waals surface area (Å²) < 4.78 is 12.0. The molecule has 1 heterocycles. The van der Waals surface area contributed by atoms with Crippen molar-refractivity contribution in [2.75, 3.05) is 13.3 Å². The van der Waals surface area contributed by atoms with Gasteiger partial charge in [-0.25, -0.2) is 0 Å². The van der Waals surface area contributed by atoms with Crippen LogP contribution in [0.15, 0.2) is 42.5 Å². The Labute approximate surface area is 132 Å². The molecule has 104 valence electrons. The molecule has 0 spiro atoms. The van der Waals surface area contributed by atoms with Crippen molar-refractivity contribution in [3.05, 3.63) is 57.2 Å². The number of nitrogens with one attached hydrogen (secondary N) is 1. The molecule has 0 radical (unpaired) electrons. The lowest BCUT2D eigenvalue weighted by atomic mass is 10.1. The van der Waals surface area contributed by atoms with Crippen molar-refractivity contribution in [1.82, 2.24) is 5.32 Å². The summed E-state index contributed by atoms with van der Waals surface area (Å²) in [6.45, 7) is 2.19. The third kappa shape index (κ3) is 3.24. The summed E-state index contributed by atoms with van der Waals surface area (Å²) >= 11 is 2.35. The molecule has 1 aliphatic heterocycles. The SMILES string of the molecule is Ic1cc2c(cc1CCNCc1ccccc1)OCO2. The predicted molar refractivity (Wildman–Crippen MR) is 87.1 cm³/mol. The molecule has 3 nitrogen and oxygen atoms in total. The first-order valence-corrected chi connectivity index (χ1v) is 7.73. The van der Waals surface area contributed by atoms with Crippen LogP contribution in [0.1, 0.15) is 11.1 Å². The Morgan fingerprint density at radius 1 is 1.05 bits per heavy atom. The van der Waals surface area contributed by atoms with E-state index in [4.69, 9.17) is 9.47 Å². The minimum Gasteiger partial charge on any atom is -0.454 e. The van der Waals surface area contributed by atoms with Gasteiger partial charge < -0.3 is 14.8 Å². The highest BCUT2D eigenvalue weighted by Gasteiger charge is 2.15. The lowest BCUT2D eigenvalue weighted by Crippen LogP contribution is -2.17. The summed E-state index contributed by atoms with van der Waals surface area (Å²) in [5.41, 5.74) is 2.61. The average molecular weight is 381 g/mol. The summed E-state index contributed by atoms with van der Waals surface area (Å²) in [7, 11) is 0. The van der Waals surface area contributed by atoms with E-state index in [1.54, 1.807) is 0 Å². The molecule has 1 aliphatic rings. The number of ether oxygens (including phenoxy) is 2. The van der Waals surface area contributed by atoms with Gasteiger partial charge in [-0.15, -0.1) is 0 Å². The van der Waals surface area contributed by atoms with Crippen LogP contribution in [0.2, 0.25) is 0 Å². The summed E-state index contributed by atoms with van der Waals surface area (Å²) in [6, 6.07) is 14.6. The fourth-order valence-corrected chi connectivity index (χ4v) is 2.91. The van der Waals surface area contributed by atoms with Crippen LogP contribution in [0.5, 0.6) is 11.5 Å². The van der Waals surface area contributed by atoms with Gasteiger partial charge in [0.1, 0.15) is 0 Å². The molecule has 0 aliphatic carbocycles. The van der Waals surface area contributed by atoms with E-state index in [1.165, 1.54) is 14.7 Å². The Bertz CT molecular complexity index is 587. The van der Waals surface area contributed by atoms with Crippen LogP contribution in [0.4, 0.5) is 0 Å². The van der Waals surface area contributed by atoms with Crippen molar-refractivity contribution >= 4 is 22.6 Å². The molecule has 0 saturated heterocycles. The second-order valence-electron chi connectivity index (χ2n) is 4.71. The number of fused-ring (bicyclic) bond motifs is 1. The monoisotopic (exact) mass is 381 g/mol. The standard InChI is InChI=1S/C16H16INO2/c17-14-9-16-15(19-11-20-16)8-13(14)6-7-18-10-12-4-2-1-3-5-12/h1-5,8-9,18H,6-7,10-11H2. The number of benzene rings is 2. The van der Waals surface area contributed by atoms with Gasteiger partial charge in [0.25, 0.3) is 0 Å². The van der Waals surface area contributed by atoms with Gasteiger partial charge in [0.05, 0.1) is 0 Å². The van der Waals surface area contributed by atoms with Gasteiger partial charge in [-0.3, -0.25) is 0 Å². The Kier molecular flexibility index (Phi) is 4.42. The van der Waals surface area contributed by atoms with Crippen LogP contribution in [0.3, 0.4) is 0 Å². The van der Waals surface area contributed by atoms with Crippen molar-refractivity contribution < 1.29 is 9.47 Å². The van der Waals surface area contributed by atoms with Gasteiger partial charge in [0.15, 0.2) is 11.5 Å². The maximum atomic E-state index is 5.42. The fraction of sp³-hybridized carbons (Fsp3) is 0.250. The Hall–Kier alpha value is -1.27. The highest BCUT2D eigenvalue weighted by atomic mass is 127. The van der Waals surface area contributed by atoms with Crippen molar-refractivity contribution in [2.45, 2.75) is 13.0 Å². The lowest BCUT2D eigenvalue weighted by molar-refractivity contribution is 0.174. The zero-order valence-corrected chi connectivity index (χ0v) is 13.2. The molecule has 3 rings (SSSR count). The molecule has 0 unspecified atom stereocenters. The van der Waals surface area contributed by atoms with E-state index < -0.39 is 0 Å². The van der Waals surface area contributed by atoms with E-state index in [1.807, 2.05) is 6.07 Å². The van der Waals surface area contributed by atoms with Crippen LogP contribution < -0.4 is 14.8 Å². The first kappa shape index (κ1) is 13.7. The minimum absolute atomic E-state index is 0.334. The summed E-state index contributed by atoms with van der Waals surface area (Å²) in [5.74, 6) is 1.72. The molecule has 0 bridgehead atoms. The Morgan fingerprint density at radius 3 is 2.60 bits per heavy atom. The molecule has 4 heteroatoms. The maximum Gasteiger partial charge on any atom is 0.231 e. The molecule has 0 aromatic heterocycles. The highest BCUT2D eigenvalue weighted by Crippen LogP contribution is 2.35. The smallest absolute Gasteiger partial charge is 0.231 e. The van der Waals surface area contributed by atoms with Crippen LogP contribution >= 0.6 is 22.6 Å². The largest absolute Gasteiger partial charge is 0.454 e. The zero-order chi connectivity index (χ0) is 13.8. The number of rotatable bonds is 5. The van der Waals surface area contributed by atoms with E-state index in [2.05, 4.69) is 64.3 Å². The predicted octanol–water partition coefficient (Wildman–Crippen LogP) is 3.35. The van der Waals surface area contributed by atoms with E-state index in [0.717, 1.165) is 31.0 Å². The van der Waals surface area contributed by atoms with Crippen LogP contribution in [-0.2, 0) is 13.0 Å². The molecular weight excluding hydrogens is 365 g/mol. The van der Waals surface area contributed by atoms with E-state index in [9.17, 15) is 0 Å². The van der Waals surface area contributed by atoms with Crippen molar-refractivity contribution in [1.29, 1.82) is 0 Å². The minimum atomic E-state index is 0.334. The van der Waals surface area contributed by atoms with E-state index >= 15 is 0 Å². The van der Waals surface area contributed by atoms with Crippen molar-refractivity contribution in [2.24, 2.45) is 0 Å². The highest BCUT2D eigenvalue weighted by molar-refractivity contribution is 14.1. The lowest BCUT2D eigenvalue weighted by Gasteiger charge is -2.08. The molecule has 0 atom stereocenters. The first-order chi connectivity index (χ1) is 9.83. The van der Waals surface area contributed by atoms with Gasteiger partial charge >= 0.3 is 0 Å². The molecule has 2 aromatic carbocycles. The number of hydrogen-bond donors (Lipinski definition) is 1. The molecule has 0 fully saturated rings. The Balaban J connectivity index is 1.54.